The fourth-order valence-electron chi connectivity index (χ4n) is 5.19. The van der Waals surface area contributed by atoms with E-state index in [9.17, 15) is 0 Å². The normalized spacial score (nSPS) is 14.1. The Hall–Kier alpha value is -4.08. The minimum Gasteiger partial charge on any atom is -0.497 e. The molecule has 0 unspecified atom stereocenters. The Morgan fingerprint density at radius 3 is 2.29 bits per heavy atom. The fourth-order valence-corrected chi connectivity index (χ4v) is 5.19. The number of nitrogens with one attached hydrogen (secondary N) is 1. The SMILES string of the molecule is COc1ccc(-c2nnc(NC3CCN(Cc4ccc(OCCCO)c(OC)c4)CC3)c3cc(OC)ccc23)cc1. The number of rotatable bonds is 12. The van der Waals surface area contributed by atoms with Crippen LogP contribution in [0, 0.1) is 0 Å². The van der Waals surface area contributed by atoms with Crippen molar-refractivity contribution in [3.05, 3.63) is 66.2 Å². The predicted molar refractivity (Wildman–Crippen MR) is 160 cm³/mol. The first-order valence-corrected chi connectivity index (χ1v) is 14.0. The fraction of sp³-hybridized carbons (Fsp3) is 0.375. The smallest absolute Gasteiger partial charge is 0.161 e. The Morgan fingerprint density at radius 2 is 1.59 bits per heavy atom. The number of piperidine rings is 1. The summed E-state index contributed by atoms with van der Waals surface area (Å²) < 4.78 is 22.1. The number of aliphatic hydroxyl groups is 1. The van der Waals surface area contributed by atoms with Crippen LogP contribution in [0.4, 0.5) is 5.82 Å². The van der Waals surface area contributed by atoms with Crippen LogP contribution < -0.4 is 24.3 Å². The average Bonchev–Trinajstić information content (AvgIpc) is 3.02. The highest BCUT2D eigenvalue weighted by molar-refractivity contribution is 6.00. The molecule has 0 amide bonds. The van der Waals surface area contributed by atoms with Crippen molar-refractivity contribution in [3.8, 4) is 34.3 Å². The molecule has 41 heavy (non-hydrogen) atoms. The maximum Gasteiger partial charge on any atom is 0.161 e. The number of aromatic nitrogens is 2. The third-order valence-corrected chi connectivity index (χ3v) is 7.47. The number of ether oxygens (including phenoxy) is 4. The molecule has 9 heteroatoms. The first-order chi connectivity index (χ1) is 20.1. The predicted octanol–water partition coefficient (Wildman–Crippen LogP) is 5.16. The van der Waals surface area contributed by atoms with Gasteiger partial charge in [0.1, 0.15) is 17.2 Å². The lowest BCUT2D eigenvalue weighted by atomic mass is 10.0. The van der Waals surface area contributed by atoms with Gasteiger partial charge in [-0.25, -0.2) is 0 Å². The van der Waals surface area contributed by atoms with Gasteiger partial charge >= 0.3 is 0 Å². The zero-order valence-electron chi connectivity index (χ0n) is 23.9. The lowest BCUT2D eigenvalue weighted by Gasteiger charge is -2.33. The molecule has 216 valence electrons. The van der Waals surface area contributed by atoms with E-state index in [2.05, 4.69) is 26.5 Å². The van der Waals surface area contributed by atoms with Crippen molar-refractivity contribution >= 4 is 16.6 Å². The van der Waals surface area contributed by atoms with Crippen molar-refractivity contribution in [2.24, 2.45) is 0 Å². The Bertz CT molecular complexity index is 1440. The zero-order valence-corrected chi connectivity index (χ0v) is 23.9. The van der Waals surface area contributed by atoms with Crippen LogP contribution in [0.1, 0.15) is 24.8 Å². The van der Waals surface area contributed by atoms with Gasteiger partial charge in [0, 0.05) is 55.0 Å². The molecule has 1 aromatic heterocycles. The maximum absolute atomic E-state index is 9.00. The van der Waals surface area contributed by atoms with Gasteiger partial charge < -0.3 is 29.4 Å². The molecule has 0 atom stereocenters. The van der Waals surface area contributed by atoms with Crippen LogP contribution >= 0.6 is 0 Å². The van der Waals surface area contributed by atoms with Gasteiger partial charge in [-0.2, -0.15) is 0 Å². The second kappa shape index (κ2) is 13.5. The van der Waals surface area contributed by atoms with Crippen molar-refractivity contribution in [3.63, 3.8) is 0 Å². The molecule has 0 bridgehead atoms. The van der Waals surface area contributed by atoms with Crippen molar-refractivity contribution < 1.29 is 24.1 Å². The van der Waals surface area contributed by atoms with Crippen molar-refractivity contribution in [2.45, 2.75) is 31.8 Å². The summed E-state index contributed by atoms with van der Waals surface area (Å²) in [5.74, 6) is 3.78. The molecule has 1 saturated heterocycles. The molecule has 0 radical (unpaired) electrons. The van der Waals surface area contributed by atoms with Crippen LogP contribution in [0.5, 0.6) is 23.0 Å². The molecule has 2 heterocycles. The van der Waals surface area contributed by atoms with Crippen LogP contribution in [0.15, 0.2) is 60.7 Å². The molecule has 4 aromatic rings. The minimum atomic E-state index is 0.108. The summed E-state index contributed by atoms with van der Waals surface area (Å²) in [6.45, 7) is 3.35. The largest absolute Gasteiger partial charge is 0.497 e. The third kappa shape index (κ3) is 6.81. The quantitative estimate of drug-likeness (QED) is 0.229. The molecule has 1 aliphatic rings. The number of fused-ring (bicyclic) bond motifs is 1. The minimum absolute atomic E-state index is 0.108. The van der Waals surface area contributed by atoms with Crippen LogP contribution in [-0.2, 0) is 6.54 Å². The van der Waals surface area contributed by atoms with E-state index in [-0.39, 0.29) is 6.61 Å². The summed E-state index contributed by atoms with van der Waals surface area (Å²) >= 11 is 0. The van der Waals surface area contributed by atoms with Crippen molar-refractivity contribution in [2.75, 3.05) is 52.9 Å². The number of benzene rings is 3. The molecular weight excluding hydrogens is 520 g/mol. The number of aliphatic hydroxyl groups excluding tert-OH is 1. The van der Waals surface area contributed by atoms with E-state index in [4.69, 9.17) is 24.1 Å². The van der Waals surface area contributed by atoms with Crippen LogP contribution in [0.3, 0.4) is 0 Å². The summed E-state index contributed by atoms with van der Waals surface area (Å²) in [6, 6.07) is 20.3. The zero-order chi connectivity index (χ0) is 28.6. The Balaban J connectivity index is 1.26. The Labute approximate surface area is 241 Å². The number of hydrogen-bond donors (Lipinski definition) is 2. The van der Waals surface area contributed by atoms with E-state index >= 15 is 0 Å². The average molecular weight is 559 g/mol. The highest BCUT2D eigenvalue weighted by Gasteiger charge is 2.22. The van der Waals surface area contributed by atoms with E-state index < -0.39 is 0 Å². The number of nitrogens with zero attached hydrogens (tertiary/aromatic N) is 3. The number of likely N-dealkylation sites (tertiary alicyclic amines) is 1. The van der Waals surface area contributed by atoms with E-state index in [0.717, 1.165) is 77.6 Å². The topological polar surface area (TPSA) is 98.2 Å². The van der Waals surface area contributed by atoms with E-state index in [1.54, 1.807) is 21.3 Å². The van der Waals surface area contributed by atoms with Gasteiger partial charge in [-0.15, -0.1) is 10.2 Å². The molecule has 3 aromatic carbocycles. The van der Waals surface area contributed by atoms with Gasteiger partial charge in [0.15, 0.2) is 17.3 Å². The maximum atomic E-state index is 9.00. The van der Waals surface area contributed by atoms with Crippen LogP contribution in [0.25, 0.3) is 22.0 Å². The molecule has 0 saturated carbocycles. The molecule has 1 aliphatic heterocycles. The molecule has 2 N–H and O–H groups in total. The van der Waals surface area contributed by atoms with Gasteiger partial charge in [-0.05, 0) is 73.0 Å². The summed E-state index contributed by atoms with van der Waals surface area (Å²) in [6.07, 6.45) is 2.58. The number of anilines is 1. The Kier molecular flexibility index (Phi) is 9.38. The van der Waals surface area contributed by atoms with Gasteiger partial charge in [0.2, 0.25) is 0 Å². The lowest BCUT2D eigenvalue weighted by molar-refractivity contribution is 0.210. The summed E-state index contributed by atoms with van der Waals surface area (Å²) in [4.78, 5) is 2.46. The standard InChI is InChI=1S/C32H38N4O5/c1-38-25-8-6-23(7-9-25)31-27-11-10-26(39-2)20-28(27)32(35-34-31)33-24-13-15-36(16-14-24)21-22-5-12-29(30(19-22)40-3)41-18-4-17-37/h5-12,19-20,24,37H,4,13-18,21H2,1-3H3,(H,33,35). The van der Waals surface area contributed by atoms with Crippen molar-refractivity contribution in [1.82, 2.24) is 15.1 Å². The number of hydrogen-bond acceptors (Lipinski definition) is 9. The van der Waals surface area contributed by atoms with E-state index in [1.165, 1.54) is 5.56 Å². The van der Waals surface area contributed by atoms with Gasteiger partial charge in [0.05, 0.1) is 27.9 Å². The Morgan fingerprint density at radius 1 is 0.829 bits per heavy atom. The second-order valence-electron chi connectivity index (χ2n) is 10.1. The first kappa shape index (κ1) is 28.4. The van der Waals surface area contributed by atoms with Gasteiger partial charge in [-0.3, -0.25) is 4.90 Å². The summed E-state index contributed by atoms with van der Waals surface area (Å²) in [7, 11) is 4.99. The molecule has 5 rings (SSSR count). The van der Waals surface area contributed by atoms with Crippen LogP contribution in [-0.4, -0.2) is 73.9 Å². The second-order valence-corrected chi connectivity index (χ2v) is 10.1. The monoisotopic (exact) mass is 558 g/mol. The first-order valence-electron chi connectivity index (χ1n) is 14.0. The molecule has 0 aliphatic carbocycles. The molecule has 1 fully saturated rings. The third-order valence-electron chi connectivity index (χ3n) is 7.47. The van der Waals surface area contributed by atoms with Gasteiger partial charge in [-0.1, -0.05) is 6.07 Å². The summed E-state index contributed by atoms with van der Waals surface area (Å²) in [5, 5.41) is 23.9. The van der Waals surface area contributed by atoms with E-state index in [0.29, 0.717) is 24.8 Å². The molecular formula is C32H38N4O5. The number of methoxy groups -OCH3 is 3. The van der Waals surface area contributed by atoms with Gasteiger partial charge in [0.25, 0.3) is 0 Å². The summed E-state index contributed by atoms with van der Waals surface area (Å²) in [5.41, 5.74) is 2.99. The van der Waals surface area contributed by atoms with E-state index in [1.807, 2.05) is 54.6 Å². The molecule has 9 nitrogen and oxygen atoms in total. The highest BCUT2D eigenvalue weighted by atomic mass is 16.5. The van der Waals surface area contributed by atoms with Crippen molar-refractivity contribution in [1.29, 1.82) is 0 Å². The highest BCUT2D eigenvalue weighted by Crippen LogP contribution is 2.34. The lowest BCUT2D eigenvalue weighted by Crippen LogP contribution is -2.38. The van der Waals surface area contributed by atoms with Crippen LogP contribution in [0.2, 0.25) is 0 Å². The molecule has 0 spiro atoms.